The van der Waals surface area contributed by atoms with Crippen LogP contribution in [0.1, 0.15) is 34.7 Å². The third kappa shape index (κ3) is 2.52. The molecule has 1 aromatic rings. The molecule has 0 aromatic carbocycles. The van der Waals surface area contributed by atoms with Crippen LogP contribution < -0.4 is 5.32 Å². The number of aryl methyl sites for hydroxylation is 2. The SMILES string of the molecule is Cc1cc(C(=O)N(C)C2CCNCC2)c(C)o1. The number of hydrogen-bond acceptors (Lipinski definition) is 3. The van der Waals surface area contributed by atoms with Crippen molar-refractivity contribution in [3.63, 3.8) is 0 Å². The van der Waals surface area contributed by atoms with Gasteiger partial charge in [0.25, 0.3) is 5.91 Å². The molecule has 0 atom stereocenters. The van der Waals surface area contributed by atoms with Crippen LogP contribution in [-0.4, -0.2) is 37.0 Å². The Morgan fingerprint density at radius 3 is 2.59 bits per heavy atom. The fourth-order valence-electron chi connectivity index (χ4n) is 2.39. The number of hydrogen-bond donors (Lipinski definition) is 1. The van der Waals surface area contributed by atoms with Crippen LogP contribution in [0, 0.1) is 13.8 Å². The molecule has 1 saturated heterocycles. The molecule has 0 aliphatic carbocycles. The van der Waals surface area contributed by atoms with Crippen LogP contribution in [0.2, 0.25) is 0 Å². The number of carbonyl (C=O) groups excluding carboxylic acids is 1. The minimum absolute atomic E-state index is 0.0752. The average molecular weight is 236 g/mol. The zero-order valence-corrected chi connectivity index (χ0v) is 10.7. The van der Waals surface area contributed by atoms with Crippen LogP contribution in [-0.2, 0) is 0 Å². The summed E-state index contributed by atoms with van der Waals surface area (Å²) in [6.07, 6.45) is 2.05. The van der Waals surface area contributed by atoms with E-state index >= 15 is 0 Å². The third-order valence-corrected chi connectivity index (χ3v) is 3.45. The van der Waals surface area contributed by atoms with Gasteiger partial charge in [-0.15, -0.1) is 0 Å². The number of furan rings is 1. The molecule has 4 heteroatoms. The second-order valence-corrected chi connectivity index (χ2v) is 4.72. The maximum Gasteiger partial charge on any atom is 0.257 e. The lowest BCUT2D eigenvalue weighted by Gasteiger charge is -2.31. The van der Waals surface area contributed by atoms with Gasteiger partial charge in [0, 0.05) is 13.1 Å². The van der Waals surface area contributed by atoms with Crippen molar-refractivity contribution in [2.45, 2.75) is 32.7 Å². The van der Waals surface area contributed by atoms with Crippen LogP contribution in [0.4, 0.5) is 0 Å². The first-order valence-electron chi connectivity index (χ1n) is 6.14. The molecular formula is C13H20N2O2. The van der Waals surface area contributed by atoms with Gasteiger partial charge in [0.1, 0.15) is 11.5 Å². The number of amides is 1. The van der Waals surface area contributed by atoms with Crippen molar-refractivity contribution < 1.29 is 9.21 Å². The van der Waals surface area contributed by atoms with Crippen LogP contribution >= 0.6 is 0 Å². The van der Waals surface area contributed by atoms with Gasteiger partial charge in [-0.2, -0.15) is 0 Å². The van der Waals surface area contributed by atoms with Crippen molar-refractivity contribution in [3.8, 4) is 0 Å². The fraction of sp³-hybridized carbons (Fsp3) is 0.615. The largest absolute Gasteiger partial charge is 0.466 e. The Kier molecular flexibility index (Phi) is 3.52. The van der Waals surface area contributed by atoms with E-state index in [0.717, 1.165) is 31.7 Å². The monoisotopic (exact) mass is 236 g/mol. The molecule has 0 saturated carbocycles. The van der Waals surface area contributed by atoms with Crippen molar-refractivity contribution in [1.82, 2.24) is 10.2 Å². The molecule has 94 valence electrons. The lowest BCUT2D eigenvalue weighted by Crippen LogP contribution is -2.44. The highest BCUT2D eigenvalue weighted by molar-refractivity contribution is 5.95. The zero-order chi connectivity index (χ0) is 12.4. The van der Waals surface area contributed by atoms with Gasteiger partial charge < -0.3 is 14.6 Å². The highest BCUT2D eigenvalue weighted by Gasteiger charge is 2.25. The smallest absolute Gasteiger partial charge is 0.257 e. The first-order chi connectivity index (χ1) is 8.09. The molecule has 0 spiro atoms. The molecule has 4 nitrogen and oxygen atoms in total. The predicted molar refractivity (Wildman–Crippen MR) is 66.2 cm³/mol. The Labute approximate surface area is 102 Å². The summed E-state index contributed by atoms with van der Waals surface area (Å²) in [4.78, 5) is 14.2. The topological polar surface area (TPSA) is 45.5 Å². The van der Waals surface area contributed by atoms with Crippen LogP contribution in [0.25, 0.3) is 0 Å². The second-order valence-electron chi connectivity index (χ2n) is 4.72. The van der Waals surface area contributed by atoms with Crippen LogP contribution in [0.15, 0.2) is 10.5 Å². The number of carbonyl (C=O) groups is 1. The quantitative estimate of drug-likeness (QED) is 0.850. The first-order valence-corrected chi connectivity index (χ1v) is 6.14. The molecule has 1 N–H and O–H groups in total. The second kappa shape index (κ2) is 4.92. The predicted octanol–water partition coefficient (Wildman–Crippen LogP) is 1.72. The molecule has 1 fully saturated rings. The molecule has 2 rings (SSSR count). The Morgan fingerprint density at radius 2 is 2.06 bits per heavy atom. The third-order valence-electron chi connectivity index (χ3n) is 3.45. The van der Waals surface area contributed by atoms with Crippen molar-refractivity contribution >= 4 is 5.91 Å². The van der Waals surface area contributed by atoms with Gasteiger partial charge in [-0.3, -0.25) is 4.79 Å². The molecule has 0 unspecified atom stereocenters. The van der Waals surface area contributed by atoms with E-state index in [1.165, 1.54) is 0 Å². The van der Waals surface area contributed by atoms with E-state index in [9.17, 15) is 4.79 Å². The summed E-state index contributed by atoms with van der Waals surface area (Å²) in [5, 5.41) is 3.31. The Hall–Kier alpha value is -1.29. The normalized spacial score (nSPS) is 17.1. The highest BCUT2D eigenvalue weighted by atomic mass is 16.3. The average Bonchev–Trinajstić information content (AvgIpc) is 2.68. The summed E-state index contributed by atoms with van der Waals surface area (Å²) in [6, 6.07) is 2.17. The van der Waals surface area contributed by atoms with E-state index in [-0.39, 0.29) is 5.91 Å². The molecular weight excluding hydrogens is 216 g/mol. The molecule has 1 aromatic heterocycles. The Morgan fingerprint density at radius 1 is 1.41 bits per heavy atom. The van der Waals surface area contributed by atoms with Gasteiger partial charge in [-0.25, -0.2) is 0 Å². The summed E-state index contributed by atoms with van der Waals surface area (Å²) < 4.78 is 5.41. The van der Waals surface area contributed by atoms with Crippen molar-refractivity contribution in [3.05, 3.63) is 23.2 Å². The Bertz CT molecular complexity index is 406. The lowest BCUT2D eigenvalue weighted by molar-refractivity contribution is 0.0701. The van der Waals surface area contributed by atoms with Crippen LogP contribution in [0.3, 0.4) is 0 Å². The van der Waals surface area contributed by atoms with Crippen molar-refractivity contribution in [2.75, 3.05) is 20.1 Å². The molecule has 1 aliphatic rings. The summed E-state index contributed by atoms with van der Waals surface area (Å²) in [6.45, 7) is 5.70. The molecule has 17 heavy (non-hydrogen) atoms. The number of nitrogens with one attached hydrogen (secondary N) is 1. The minimum atomic E-state index is 0.0752. The summed E-state index contributed by atoms with van der Waals surface area (Å²) in [5.74, 6) is 1.59. The van der Waals surface area contributed by atoms with E-state index in [0.29, 0.717) is 17.4 Å². The summed E-state index contributed by atoms with van der Waals surface area (Å²) in [7, 11) is 1.89. The summed E-state index contributed by atoms with van der Waals surface area (Å²) in [5.41, 5.74) is 0.698. The maximum absolute atomic E-state index is 12.3. The number of nitrogens with zero attached hydrogens (tertiary/aromatic N) is 1. The van der Waals surface area contributed by atoms with Gasteiger partial charge in [0.2, 0.25) is 0 Å². The van der Waals surface area contributed by atoms with Crippen molar-refractivity contribution in [2.24, 2.45) is 0 Å². The molecule has 1 amide bonds. The van der Waals surface area contributed by atoms with E-state index in [4.69, 9.17) is 4.42 Å². The first kappa shape index (κ1) is 12.2. The zero-order valence-electron chi connectivity index (χ0n) is 10.7. The van der Waals surface area contributed by atoms with Gasteiger partial charge in [-0.1, -0.05) is 0 Å². The number of piperidine rings is 1. The standard InChI is InChI=1S/C13H20N2O2/c1-9-8-12(10(2)17-9)13(16)15(3)11-4-6-14-7-5-11/h8,11,14H,4-7H2,1-3H3. The van der Waals surface area contributed by atoms with E-state index in [2.05, 4.69) is 5.32 Å². The van der Waals surface area contributed by atoms with Gasteiger partial charge >= 0.3 is 0 Å². The molecule has 0 bridgehead atoms. The summed E-state index contributed by atoms with van der Waals surface area (Å²) >= 11 is 0. The maximum atomic E-state index is 12.3. The lowest BCUT2D eigenvalue weighted by atomic mass is 10.0. The van der Waals surface area contributed by atoms with Crippen LogP contribution in [0.5, 0.6) is 0 Å². The van der Waals surface area contributed by atoms with Gasteiger partial charge in [0.05, 0.1) is 5.56 Å². The van der Waals surface area contributed by atoms with Crippen molar-refractivity contribution in [1.29, 1.82) is 0 Å². The van der Waals surface area contributed by atoms with E-state index in [1.54, 1.807) is 0 Å². The minimum Gasteiger partial charge on any atom is -0.466 e. The van der Waals surface area contributed by atoms with Gasteiger partial charge in [-0.05, 0) is 45.8 Å². The fourth-order valence-corrected chi connectivity index (χ4v) is 2.39. The number of rotatable bonds is 2. The van der Waals surface area contributed by atoms with E-state index < -0.39 is 0 Å². The highest BCUT2D eigenvalue weighted by Crippen LogP contribution is 2.19. The molecule has 1 aliphatic heterocycles. The Balaban J connectivity index is 2.11. The van der Waals surface area contributed by atoms with E-state index in [1.807, 2.05) is 31.9 Å². The molecule has 2 heterocycles. The molecule has 0 radical (unpaired) electrons. The van der Waals surface area contributed by atoms with Gasteiger partial charge in [0.15, 0.2) is 0 Å².